The highest BCUT2D eigenvalue weighted by Gasteiger charge is 2.27. The molecule has 1 aliphatic heterocycles. The Morgan fingerprint density at radius 1 is 1.35 bits per heavy atom. The van der Waals surface area contributed by atoms with E-state index in [-0.39, 0.29) is 0 Å². The molecule has 3 heteroatoms. The molecule has 0 saturated carbocycles. The lowest BCUT2D eigenvalue weighted by Crippen LogP contribution is -2.34. The molecule has 2 unspecified atom stereocenters. The molecule has 20 heavy (non-hydrogen) atoms. The van der Waals surface area contributed by atoms with Gasteiger partial charge in [0.25, 0.3) is 0 Å². The van der Waals surface area contributed by atoms with Crippen LogP contribution in [0.3, 0.4) is 0 Å². The van der Waals surface area contributed by atoms with Gasteiger partial charge in [0.1, 0.15) is 0 Å². The van der Waals surface area contributed by atoms with Gasteiger partial charge < -0.3 is 5.11 Å². The number of nitrogens with zero attached hydrogens (tertiary/aromatic N) is 2. The van der Waals surface area contributed by atoms with Crippen molar-refractivity contribution >= 4 is 0 Å². The second-order valence-electron chi connectivity index (χ2n) is 6.17. The molecule has 1 aromatic carbocycles. The van der Waals surface area contributed by atoms with E-state index in [0.29, 0.717) is 24.1 Å². The van der Waals surface area contributed by atoms with E-state index in [1.165, 1.54) is 19.3 Å². The number of likely N-dealkylation sites (tertiary alicyclic amines) is 1. The molecule has 0 amide bonds. The minimum atomic E-state index is -0.462. The number of hydrogen-bond acceptors (Lipinski definition) is 3. The molecule has 1 aliphatic rings. The lowest BCUT2D eigenvalue weighted by Gasteiger charge is -2.28. The van der Waals surface area contributed by atoms with E-state index in [0.717, 1.165) is 12.1 Å². The van der Waals surface area contributed by atoms with Crippen LogP contribution < -0.4 is 0 Å². The number of benzene rings is 1. The molecular formula is C17H24N2O. The van der Waals surface area contributed by atoms with Crippen LogP contribution in [0.25, 0.3) is 0 Å². The zero-order chi connectivity index (χ0) is 14.5. The Kier molecular flexibility index (Phi) is 5.17. The second kappa shape index (κ2) is 6.88. The van der Waals surface area contributed by atoms with Gasteiger partial charge >= 0.3 is 0 Å². The maximum absolute atomic E-state index is 10.4. The van der Waals surface area contributed by atoms with Gasteiger partial charge in [0, 0.05) is 12.6 Å². The van der Waals surface area contributed by atoms with E-state index >= 15 is 0 Å². The van der Waals surface area contributed by atoms with Crippen LogP contribution in [-0.2, 0) is 0 Å². The minimum Gasteiger partial charge on any atom is -0.387 e. The molecule has 1 fully saturated rings. The summed E-state index contributed by atoms with van der Waals surface area (Å²) in [5.41, 5.74) is 1.54. The van der Waals surface area contributed by atoms with Crippen LogP contribution >= 0.6 is 0 Å². The molecule has 1 saturated heterocycles. The third kappa shape index (κ3) is 3.82. The fraction of sp³-hybridized carbons (Fsp3) is 0.588. The lowest BCUT2D eigenvalue weighted by molar-refractivity contribution is 0.100. The van der Waals surface area contributed by atoms with Crippen LogP contribution in [0.15, 0.2) is 24.3 Å². The summed E-state index contributed by atoms with van der Waals surface area (Å²) in [5, 5.41) is 19.2. The van der Waals surface area contributed by atoms with Crippen LogP contribution in [0.2, 0.25) is 0 Å². The second-order valence-corrected chi connectivity index (χ2v) is 6.17. The SMILES string of the molecule is CC(C)CC1CCCN1CC(O)c1ccc(C#N)cc1. The fourth-order valence-corrected chi connectivity index (χ4v) is 3.05. The van der Waals surface area contributed by atoms with Crippen LogP contribution in [0.5, 0.6) is 0 Å². The number of β-amino-alcohol motifs (C(OH)–C–C–N with tert-alkyl or cyclic N) is 1. The summed E-state index contributed by atoms with van der Waals surface area (Å²) in [6.45, 7) is 6.30. The van der Waals surface area contributed by atoms with Gasteiger partial charge in [-0.15, -0.1) is 0 Å². The topological polar surface area (TPSA) is 47.3 Å². The van der Waals surface area contributed by atoms with Gasteiger partial charge in [-0.05, 0) is 49.4 Å². The molecule has 108 valence electrons. The summed E-state index contributed by atoms with van der Waals surface area (Å²) in [5.74, 6) is 0.702. The minimum absolute atomic E-state index is 0.462. The first kappa shape index (κ1) is 15.0. The van der Waals surface area contributed by atoms with E-state index in [9.17, 15) is 5.11 Å². The molecular weight excluding hydrogens is 248 g/mol. The lowest BCUT2D eigenvalue weighted by atomic mass is 10.0. The third-order valence-corrected chi connectivity index (χ3v) is 4.07. The highest BCUT2D eigenvalue weighted by molar-refractivity contribution is 5.32. The van der Waals surface area contributed by atoms with Gasteiger partial charge in [0.05, 0.1) is 17.7 Å². The third-order valence-electron chi connectivity index (χ3n) is 4.07. The Morgan fingerprint density at radius 2 is 2.05 bits per heavy atom. The zero-order valence-corrected chi connectivity index (χ0v) is 12.4. The summed E-state index contributed by atoms with van der Waals surface area (Å²) >= 11 is 0. The van der Waals surface area contributed by atoms with Crippen molar-refractivity contribution in [3.8, 4) is 6.07 Å². The molecule has 2 atom stereocenters. The van der Waals surface area contributed by atoms with Crippen molar-refractivity contribution in [2.24, 2.45) is 5.92 Å². The van der Waals surface area contributed by atoms with Crippen molar-refractivity contribution in [3.63, 3.8) is 0 Å². The van der Waals surface area contributed by atoms with Crippen LogP contribution in [0.1, 0.15) is 50.3 Å². The zero-order valence-electron chi connectivity index (χ0n) is 12.4. The molecule has 0 radical (unpaired) electrons. The van der Waals surface area contributed by atoms with Gasteiger partial charge in [-0.25, -0.2) is 0 Å². The van der Waals surface area contributed by atoms with Gasteiger partial charge in [-0.3, -0.25) is 4.90 Å². The van der Waals surface area contributed by atoms with Crippen molar-refractivity contribution in [3.05, 3.63) is 35.4 Å². The maximum Gasteiger partial charge on any atom is 0.0991 e. The molecule has 1 N–H and O–H groups in total. The average molecular weight is 272 g/mol. The van der Waals surface area contributed by atoms with Gasteiger partial charge in [-0.2, -0.15) is 5.26 Å². The van der Waals surface area contributed by atoms with Crippen LogP contribution in [0, 0.1) is 17.2 Å². The largest absolute Gasteiger partial charge is 0.387 e. The summed E-state index contributed by atoms with van der Waals surface area (Å²) in [6, 6.07) is 9.98. The normalized spacial score (nSPS) is 21.1. The molecule has 3 nitrogen and oxygen atoms in total. The average Bonchev–Trinajstić information content (AvgIpc) is 2.85. The Labute approximate surface area is 121 Å². The molecule has 0 spiro atoms. The maximum atomic E-state index is 10.4. The monoisotopic (exact) mass is 272 g/mol. The van der Waals surface area contributed by atoms with Crippen molar-refractivity contribution in [2.75, 3.05) is 13.1 Å². The molecule has 1 heterocycles. The number of aliphatic hydroxyl groups is 1. The number of aliphatic hydroxyl groups excluding tert-OH is 1. The predicted molar refractivity (Wildman–Crippen MR) is 80.2 cm³/mol. The summed E-state index contributed by atoms with van der Waals surface area (Å²) in [4.78, 5) is 2.42. The van der Waals surface area contributed by atoms with E-state index < -0.39 is 6.10 Å². The number of hydrogen-bond donors (Lipinski definition) is 1. The first-order valence-corrected chi connectivity index (χ1v) is 7.52. The van der Waals surface area contributed by atoms with Crippen LogP contribution in [-0.4, -0.2) is 29.1 Å². The molecule has 0 bridgehead atoms. The molecule has 0 aromatic heterocycles. The molecule has 1 aromatic rings. The van der Waals surface area contributed by atoms with Crippen molar-refractivity contribution in [1.82, 2.24) is 4.90 Å². The standard InChI is InChI=1S/C17H24N2O/c1-13(2)10-16-4-3-9-19(16)12-17(20)15-7-5-14(11-18)6-8-15/h5-8,13,16-17,20H,3-4,9-10,12H2,1-2H3. The highest BCUT2D eigenvalue weighted by atomic mass is 16.3. The van der Waals surface area contributed by atoms with Crippen molar-refractivity contribution in [2.45, 2.75) is 45.3 Å². The van der Waals surface area contributed by atoms with E-state index in [4.69, 9.17) is 5.26 Å². The number of rotatable bonds is 5. The van der Waals surface area contributed by atoms with E-state index in [1.807, 2.05) is 12.1 Å². The smallest absolute Gasteiger partial charge is 0.0991 e. The quantitative estimate of drug-likeness (QED) is 0.896. The fourth-order valence-electron chi connectivity index (χ4n) is 3.05. The van der Waals surface area contributed by atoms with Crippen molar-refractivity contribution in [1.29, 1.82) is 5.26 Å². The van der Waals surface area contributed by atoms with Gasteiger partial charge in [0.15, 0.2) is 0 Å². The summed E-state index contributed by atoms with van der Waals surface area (Å²) in [6.07, 6.45) is 3.23. The highest BCUT2D eigenvalue weighted by Crippen LogP contribution is 2.26. The summed E-state index contributed by atoms with van der Waals surface area (Å²) < 4.78 is 0. The first-order chi connectivity index (χ1) is 9.60. The number of nitriles is 1. The summed E-state index contributed by atoms with van der Waals surface area (Å²) in [7, 11) is 0. The molecule has 0 aliphatic carbocycles. The van der Waals surface area contributed by atoms with Gasteiger partial charge in [0.2, 0.25) is 0 Å². The van der Waals surface area contributed by atoms with Crippen molar-refractivity contribution < 1.29 is 5.11 Å². The Morgan fingerprint density at radius 3 is 2.65 bits per heavy atom. The van der Waals surface area contributed by atoms with Gasteiger partial charge in [-0.1, -0.05) is 26.0 Å². The Bertz CT molecular complexity index is 461. The van der Waals surface area contributed by atoms with E-state index in [1.54, 1.807) is 12.1 Å². The Balaban J connectivity index is 1.96. The molecule has 2 rings (SSSR count). The predicted octanol–water partition coefficient (Wildman–Crippen LogP) is 3.10. The van der Waals surface area contributed by atoms with E-state index in [2.05, 4.69) is 24.8 Å². The Hall–Kier alpha value is -1.37. The van der Waals surface area contributed by atoms with Crippen LogP contribution in [0.4, 0.5) is 0 Å². The first-order valence-electron chi connectivity index (χ1n) is 7.52.